The number of aliphatic hydroxyl groups is 1. The molecular weight excluding hydrogens is 457 g/mol. The van der Waals surface area contributed by atoms with Gasteiger partial charge in [0.2, 0.25) is 5.90 Å². The van der Waals surface area contributed by atoms with E-state index in [-0.39, 0.29) is 22.2 Å². The monoisotopic (exact) mass is 488 g/mol. The molecule has 3 N–H and O–H groups in total. The van der Waals surface area contributed by atoms with E-state index in [0.717, 1.165) is 6.42 Å². The number of ether oxygens (including phenoxy) is 1. The fraction of sp³-hybridized carbons (Fsp3) is 0.259. The summed E-state index contributed by atoms with van der Waals surface area (Å²) >= 11 is 0. The maximum absolute atomic E-state index is 9.01. The first-order valence-electron chi connectivity index (χ1n) is 10.8. The second kappa shape index (κ2) is 11.2. The minimum Gasteiger partial charge on any atom is -0.493 e. The van der Waals surface area contributed by atoms with Crippen molar-refractivity contribution in [2.45, 2.75) is 32.6 Å². The molecule has 0 saturated carbocycles. The van der Waals surface area contributed by atoms with Gasteiger partial charge < -0.3 is 20.2 Å². The first kappa shape index (κ1) is 26.2. The summed E-state index contributed by atoms with van der Waals surface area (Å²) in [4.78, 5) is 2.22. The molecule has 0 fully saturated rings. The van der Waals surface area contributed by atoms with Crippen LogP contribution < -0.4 is 9.64 Å². The molecule has 1 radical (unpaired) electrons. The number of likely N-dealkylation sites (N-methyl/N-ethyl adjacent to an activating group) is 1. The van der Waals surface area contributed by atoms with E-state index in [4.69, 9.17) is 20.7 Å². The zero-order chi connectivity index (χ0) is 23.3. The summed E-state index contributed by atoms with van der Waals surface area (Å²) in [5, 5.41) is 26.0. The molecule has 6 heteroatoms. The number of hydrogen-bond acceptors (Lipinski definition) is 4. The quantitative estimate of drug-likeness (QED) is 0.285. The number of para-hydroxylation sites is 1. The third kappa shape index (κ3) is 5.29. The Bertz CT molecular complexity index is 1170. The van der Waals surface area contributed by atoms with Gasteiger partial charge in [-0.1, -0.05) is 69.3 Å². The number of aliphatic hydroxyl groups excluding tert-OH is 1. The van der Waals surface area contributed by atoms with Crippen molar-refractivity contribution in [3.8, 4) is 5.75 Å². The minimum absolute atomic E-state index is 0. The van der Waals surface area contributed by atoms with Crippen molar-refractivity contribution in [1.29, 1.82) is 10.8 Å². The van der Waals surface area contributed by atoms with Crippen LogP contribution >= 0.6 is 0 Å². The van der Waals surface area contributed by atoms with Crippen molar-refractivity contribution >= 4 is 28.6 Å². The molecule has 1 aliphatic heterocycles. The van der Waals surface area contributed by atoms with Gasteiger partial charge in [-0.25, -0.2) is 0 Å². The van der Waals surface area contributed by atoms with Gasteiger partial charge >= 0.3 is 0 Å². The number of hydrogen-bond donors (Lipinski definition) is 3. The summed E-state index contributed by atoms with van der Waals surface area (Å²) < 4.78 is 5.35. The molecule has 33 heavy (non-hydrogen) atoms. The number of nitrogens with one attached hydrogen (secondary N) is 2. The second-order valence-electron chi connectivity index (χ2n) is 8.28. The largest absolute Gasteiger partial charge is 0.493 e. The number of fused-ring (bicyclic) bond motifs is 3. The van der Waals surface area contributed by atoms with Gasteiger partial charge in [0.05, 0.1) is 17.9 Å². The fourth-order valence-electron chi connectivity index (χ4n) is 4.20. The van der Waals surface area contributed by atoms with Gasteiger partial charge in [0.25, 0.3) is 0 Å². The molecule has 1 heterocycles. The molecule has 0 atom stereocenters. The Labute approximate surface area is 206 Å². The van der Waals surface area contributed by atoms with Crippen molar-refractivity contribution in [1.82, 2.24) is 0 Å². The van der Waals surface area contributed by atoms with E-state index >= 15 is 0 Å². The van der Waals surface area contributed by atoms with Crippen molar-refractivity contribution in [2.24, 2.45) is 0 Å². The summed E-state index contributed by atoms with van der Waals surface area (Å²) in [5.41, 5.74) is 4.17. The average Bonchev–Trinajstić information content (AvgIpc) is 2.99. The van der Waals surface area contributed by atoms with Crippen LogP contribution in [0.2, 0.25) is 0 Å². The van der Waals surface area contributed by atoms with Gasteiger partial charge in [0.1, 0.15) is 5.75 Å². The summed E-state index contributed by atoms with van der Waals surface area (Å²) in [7, 11) is 2.09. The Morgan fingerprint density at radius 3 is 2.39 bits per heavy atom. The van der Waals surface area contributed by atoms with Crippen LogP contribution in [0.25, 0.3) is 10.8 Å². The Balaban J connectivity index is 0.000000244. The number of rotatable bonds is 5. The maximum atomic E-state index is 9.01. The van der Waals surface area contributed by atoms with Crippen LogP contribution in [0.1, 0.15) is 38.3 Å². The van der Waals surface area contributed by atoms with Crippen molar-refractivity contribution in [3.63, 3.8) is 0 Å². The molecule has 175 valence electrons. The van der Waals surface area contributed by atoms with Crippen LogP contribution in [-0.2, 0) is 22.2 Å². The molecule has 3 aromatic rings. The Kier molecular flexibility index (Phi) is 8.85. The summed E-state index contributed by atoms with van der Waals surface area (Å²) in [6.07, 6.45) is 4.18. The number of anilines is 1. The van der Waals surface area contributed by atoms with Crippen LogP contribution in [0.5, 0.6) is 5.75 Å². The standard InChI is InChI=1S/C17H18N2.C10H13NO2.Co/c1-17(2)14-9-8-12-6-4-5-7-13(12)16(14)19(3)15(17)10-11-18;1-2-7-13-9-6-4-3-5-8(9)10(11)12;/h4-11,18H,1-3H3;3-6H,2,7H2,1H3,(H2,11,12);/b15-10-,18-11?;;. The van der Waals surface area contributed by atoms with Crippen molar-refractivity contribution in [3.05, 3.63) is 83.6 Å². The molecular formula is C27H31CoN3O2. The molecule has 0 saturated heterocycles. The topological polar surface area (TPSA) is 80.4 Å². The van der Waals surface area contributed by atoms with E-state index < -0.39 is 5.90 Å². The van der Waals surface area contributed by atoms with E-state index in [2.05, 4.69) is 62.2 Å². The van der Waals surface area contributed by atoms with Crippen LogP contribution in [-0.4, -0.2) is 30.9 Å². The predicted molar refractivity (Wildman–Crippen MR) is 134 cm³/mol. The first-order chi connectivity index (χ1) is 15.3. The third-order valence-corrected chi connectivity index (χ3v) is 5.76. The van der Waals surface area contributed by atoms with Gasteiger partial charge in [-0.3, -0.25) is 5.41 Å². The number of nitrogens with zero attached hydrogens (tertiary/aromatic N) is 1. The zero-order valence-electron chi connectivity index (χ0n) is 19.5. The van der Waals surface area contributed by atoms with Gasteiger partial charge in [0, 0.05) is 46.5 Å². The first-order valence-corrected chi connectivity index (χ1v) is 10.8. The minimum atomic E-state index is -0.452. The Hall–Kier alpha value is -3.09. The molecule has 0 aliphatic carbocycles. The van der Waals surface area contributed by atoms with Gasteiger partial charge in [-0.05, 0) is 35.6 Å². The zero-order valence-corrected chi connectivity index (χ0v) is 20.5. The molecule has 3 aromatic carbocycles. The molecule has 5 nitrogen and oxygen atoms in total. The van der Waals surface area contributed by atoms with Crippen LogP contribution in [0, 0.1) is 10.8 Å². The molecule has 0 spiro atoms. The summed E-state index contributed by atoms with van der Waals surface area (Å²) in [6.45, 7) is 7.05. The number of allylic oxidation sites excluding steroid dienone is 2. The maximum Gasteiger partial charge on any atom is 0.214 e. The smallest absolute Gasteiger partial charge is 0.214 e. The molecule has 0 aromatic heterocycles. The van der Waals surface area contributed by atoms with Crippen LogP contribution in [0.4, 0.5) is 5.69 Å². The van der Waals surface area contributed by atoms with E-state index in [9.17, 15) is 0 Å². The molecule has 4 rings (SSSR count). The SMILES string of the molecule is CCCOc1ccccc1C(=N)O.CN1/C(=C\C=N)C(C)(C)c2ccc3ccccc3c21.[Co]. The van der Waals surface area contributed by atoms with Crippen molar-refractivity contribution < 1.29 is 26.6 Å². The second-order valence-corrected chi connectivity index (χ2v) is 8.28. The fourth-order valence-corrected chi connectivity index (χ4v) is 4.20. The third-order valence-electron chi connectivity index (χ3n) is 5.76. The van der Waals surface area contributed by atoms with Gasteiger partial charge in [-0.2, -0.15) is 0 Å². The van der Waals surface area contributed by atoms with Gasteiger partial charge in [-0.15, -0.1) is 0 Å². The van der Waals surface area contributed by atoms with E-state index in [1.807, 2.05) is 19.1 Å². The van der Waals surface area contributed by atoms with Crippen molar-refractivity contribution in [2.75, 3.05) is 18.6 Å². The normalized spacial score (nSPS) is 14.7. The number of benzene rings is 3. The van der Waals surface area contributed by atoms with Crippen LogP contribution in [0.15, 0.2) is 72.4 Å². The van der Waals surface area contributed by atoms with Gasteiger partial charge in [0.15, 0.2) is 0 Å². The molecule has 0 bridgehead atoms. The predicted octanol–water partition coefficient (Wildman–Crippen LogP) is 6.46. The molecule has 1 aliphatic rings. The summed E-state index contributed by atoms with van der Waals surface area (Å²) in [5.74, 6) is 0.114. The summed E-state index contributed by atoms with van der Waals surface area (Å²) in [6, 6.07) is 19.9. The van der Waals surface area contributed by atoms with E-state index in [1.54, 1.807) is 18.2 Å². The molecule has 0 amide bonds. The Morgan fingerprint density at radius 2 is 1.73 bits per heavy atom. The average molecular weight is 488 g/mol. The Morgan fingerprint density at radius 1 is 1.06 bits per heavy atom. The van der Waals surface area contributed by atoms with Crippen LogP contribution in [0.3, 0.4) is 0 Å². The molecule has 0 unspecified atom stereocenters. The van der Waals surface area contributed by atoms with E-state index in [1.165, 1.54) is 33.9 Å². The van der Waals surface area contributed by atoms with E-state index in [0.29, 0.717) is 17.9 Å².